The van der Waals surface area contributed by atoms with E-state index in [4.69, 9.17) is 5.26 Å². The van der Waals surface area contributed by atoms with Crippen molar-refractivity contribution in [1.29, 1.82) is 5.26 Å². The third-order valence-corrected chi connectivity index (χ3v) is 6.74. The van der Waals surface area contributed by atoms with Gasteiger partial charge in [0.1, 0.15) is 5.82 Å². The molecular weight excluding hydrogens is 381 g/mol. The van der Waals surface area contributed by atoms with Crippen molar-refractivity contribution in [1.82, 2.24) is 9.62 Å². The number of carbonyl (C=O) groups excluding carboxylic acids is 1. The Morgan fingerprint density at radius 1 is 1.11 bits per heavy atom. The van der Waals surface area contributed by atoms with Gasteiger partial charge in [-0.2, -0.15) is 9.57 Å². The Morgan fingerprint density at radius 3 is 2.29 bits per heavy atom. The molecule has 28 heavy (non-hydrogen) atoms. The summed E-state index contributed by atoms with van der Waals surface area (Å²) in [5.74, 6) is -0.710. The first kappa shape index (κ1) is 20.0. The van der Waals surface area contributed by atoms with E-state index in [1.54, 1.807) is 12.1 Å². The van der Waals surface area contributed by atoms with Gasteiger partial charge in [0.15, 0.2) is 0 Å². The van der Waals surface area contributed by atoms with Gasteiger partial charge < -0.3 is 5.32 Å². The minimum atomic E-state index is -3.64. The molecule has 1 heterocycles. The highest BCUT2D eigenvalue weighted by molar-refractivity contribution is 7.89. The highest BCUT2D eigenvalue weighted by Crippen LogP contribution is 2.24. The quantitative estimate of drug-likeness (QED) is 0.833. The highest BCUT2D eigenvalue weighted by atomic mass is 32.2. The first-order valence-electron chi connectivity index (χ1n) is 8.92. The number of amides is 1. The molecule has 1 aliphatic heterocycles. The van der Waals surface area contributed by atoms with E-state index in [1.165, 1.54) is 40.7 Å². The Hall–Kier alpha value is -2.76. The zero-order valence-corrected chi connectivity index (χ0v) is 16.0. The second-order valence-corrected chi connectivity index (χ2v) is 8.60. The van der Waals surface area contributed by atoms with Crippen LogP contribution in [0.15, 0.2) is 53.4 Å². The summed E-state index contributed by atoms with van der Waals surface area (Å²) in [4.78, 5) is 12.5. The number of nitrogens with zero attached hydrogens (tertiary/aromatic N) is 2. The molecule has 0 aliphatic carbocycles. The lowest BCUT2D eigenvalue weighted by molar-refractivity contribution is -0.126. The van der Waals surface area contributed by atoms with Crippen LogP contribution in [0.5, 0.6) is 0 Å². The average Bonchev–Trinajstić information content (AvgIpc) is 2.73. The largest absolute Gasteiger partial charge is 0.352 e. The highest BCUT2D eigenvalue weighted by Gasteiger charge is 2.32. The van der Waals surface area contributed by atoms with Crippen LogP contribution in [0.4, 0.5) is 4.39 Å². The predicted octanol–water partition coefficient (Wildman–Crippen LogP) is 2.41. The van der Waals surface area contributed by atoms with E-state index in [-0.39, 0.29) is 35.6 Å². The van der Waals surface area contributed by atoms with Gasteiger partial charge in [0.2, 0.25) is 15.9 Å². The Kier molecular flexibility index (Phi) is 6.07. The van der Waals surface area contributed by atoms with E-state index in [1.807, 2.05) is 6.07 Å². The molecule has 3 rings (SSSR count). The number of piperidine rings is 1. The molecule has 1 aliphatic rings. The van der Waals surface area contributed by atoms with Crippen LogP contribution in [0, 0.1) is 23.1 Å². The Balaban J connectivity index is 1.55. The van der Waals surface area contributed by atoms with Crippen molar-refractivity contribution < 1.29 is 17.6 Å². The monoisotopic (exact) mass is 401 g/mol. The Morgan fingerprint density at radius 2 is 1.71 bits per heavy atom. The van der Waals surface area contributed by atoms with Crippen LogP contribution >= 0.6 is 0 Å². The van der Waals surface area contributed by atoms with Crippen molar-refractivity contribution in [3.05, 3.63) is 65.5 Å². The standard InChI is InChI=1S/C20H20FN3O3S/c21-18-5-1-16(2-6-18)14-23-20(25)17-9-11-24(12-10-17)28(26,27)19-7-3-15(13-22)4-8-19/h1-8,17H,9-12,14H2,(H,23,25). The maximum absolute atomic E-state index is 12.9. The molecule has 2 aromatic carbocycles. The van der Waals surface area contributed by atoms with Crippen molar-refractivity contribution in [2.24, 2.45) is 5.92 Å². The van der Waals surface area contributed by atoms with Crippen molar-refractivity contribution in [2.75, 3.05) is 13.1 Å². The van der Waals surface area contributed by atoms with Crippen molar-refractivity contribution in [2.45, 2.75) is 24.3 Å². The van der Waals surface area contributed by atoms with Gasteiger partial charge in [0.05, 0.1) is 16.5 Å². The van der Waals surface area contributed by atoms with Crippen LogP contribution in [0.1, 0.15) is 24.0 Å². The average molecular weight is 401 g/mol. The maximum Gasteiger partial charge on any atom is 0.243 e. The molecule has 0 spiro atoms. The SMILES string of the molecule is N#Cc1ccc(S(=O)(=O)N2CCC(C(=O)NCc3ccc(F)cc3)CC2)cc1. The van der Waals surface area contributed by atoms with Crippen LogP contribution in [0.2, 0.25) is 0 Å². The molecule has 0 saturated carbocycles. The predicted molar refractivity (Wildman–Crippen MR) is 101 cm³/mol. The molecule has 0 unspecified atom stereocenters. The number of rotatable bonds is 5. The summed E-state index contributed by atoms with van der Waals surface area (Å²) in [5, 5.41) is 11.7. The van der Waals surface area contributed by atoms with Crippen molar-refractivity contribution in [3.63, 3.8) is 0 Å². The van der Waals surface area contributed by atoms with Crippen LogP contribution in [-0.4, -0.2) is 31.7 Å². The normalized spacial score (nSPS) is 15.7. The molecule has 2 aromatic rings. The van der Waals surface area contributed by atoms with Gasteiger partial charge in [-0.3, -0.25) is 4.79 Å². The summed E-state index contributed by atoms with van der Waals surface area (Å²) in [5.41, 5.74) is 1.20. The summed E-state index contributed by atoms with van der Waals surface area (Å²) in [6.07, 6.45) is 0.871. The molecule has 0 aromatic heterocycles. The molecule has 1 fully saturated rings. The topological polar surface area (TPSA) is 90.3 Å². The molecule has 1 saturated heterocycles. The summed E-state index contributed by atoms with van der Waals surface area (Å²) in [7, 11) is -3.64. The lowest BCUT2D eigenvalue weighted by Crippen LogP contribution is -2.42. The fraction of sp³-hybridized carbons (Fsp3) is 0.300. The van der Waals surface area contributed by atoms with Gasteiger partial charge in [-0.15, -0.1) is 0 Å². The zero-order chi connectivity index (χ0) is 20.1. The fourth-order valence-electron chi connectivity index (χ4n) is 3.14. The van der Waals surface area contributed by atoms with E-state index in [9.17, 15) is 17.6 Å². The lowest BCUT2D eigenvalue weighted by Gasteiger charge is -2.30. The smallest absolute Gasteiger partial charge is 0.243 e. The molecule has 8 heteroatoms. The van der Waals surface area contributed by atoms with Crippen molar-refractivity contribution in [3.8, 4) is 6.07 Å². The number of sulfonamides is 1. The van der Waals surface area contributed by atoms with Gasteiger partial charge in [0.25, 0.3) is 0 Å². The molecule has 146 valence electrons. The van der Waals surface area contributed by atoms with Crippen LogP contribution in [0.25, 0.3) is 0 Å². The van der Waals surface area contributed by atoms with E-state index >= 15 is 0 Å². The summed E-state index contributed by atoms with van der Waals surface area (Å²) >= 11 is 0. The Labute approximate surface area is 163 Å². The molecular formula is C20H20FN3O3S. The third-order valence-electron chi connectivity index (χ3n) is 4.83. The van der Waals surface area contributed by atoms with E-state index in [2.05, 4.69) is 5.32 Å². The van der Waals surface area contributed by atoms with E-state index in [0.29, 0.717) is 24.9 Å². The lowest BCUT2D eigenvalue weighted by atomic mass is 9.97. The van der Waals surface area contributed by atoms with Gasteiger partial charge in [-0.05, 0) is 54.8 Å². The first-order chi connectivity index (χ1) is 13.4. The van der Waals surface area contributed by atoms with Gasteiger partial charge in [-0.1, -0.05) is 12.1 Å². The second-order valence-electron chi connectivity index (χ2n) is 6.66. The number of hydrogen-bond donors (Lipinski definition) is 1. The van der Waals surface area contributed by atoms with Crippen LogP contribution < -0.4 is 5.32 Å². The van der Waals surface area contributed by atoms with Crippen LogP contribution in [0.3, 0.4) is 0 Å². The number of halogens is 1. The fourth-order valence-corrected chi connectivity index (χ4v) is 4.61. The summed E-state index contributed by atoms with van der Waals surface area (Å²) < 4.78 is 39.7. The number of nitrogens with one attached hydrogen (secondary N) is 1. The van der Waals surface area contributed by atoms with E-state index in [0.717, 1.165) is 5.56 Å². The van der Waals surface area contributed by atoms with Gasteiger partial charge >= 0.3 is 0 Å². The maximum atomic E-state index is 12.9. The molecule has 1 amide bonds. The molecule has 0 atom stereocenters. The molecule has 1 N–H and O–H groups in total. The van der Waals surface area contributed by atoms with Gasteiger partial charge in [-0.25, -0.2) is 12.8 Å². The minimum Gasteiger partial charge on any atom is -0.352 e. The third kappa shape index (κ3) is 4.55. The molecule has 0 bridgehead atoms. The van der Waals surface area contributed by atoms with Gasteiger partial charge in [0, 0.05) is 25.6 Å². The first-order valence-corrected chi connectivity index (χ1v) is 10.4. The summed E-state index contributed by atoms with van der Waals surface area (Å²) in [6, 6.07) is 13.7. The van der Waals surface area contributed by atoms with Crippen LogP contribution in [-0.2, 0) is 21.4 Å². The zero-order valence-electron chi connectivity index (χ0n) is 15.1. The number of hydrogen-bond acceptors (Lipinski definition) is 4. The number of benzene rings is 2. The number of carbonyl (C=O) groups is 1. The minimum absolute atomic E-state index is 0.125. The molecule has 0 radical (unpaired) electrons. The molecule has 6 nitrogen and oxygen atoms in total. The second kappa shape index (κ2) is 8.50. The summed E-state index contributed by atoms with van der Waals surface area (Å²) in [6.45, 7) is 0.830. The van der Waals surface area contributed by atoms with Crippen molar-refractivity contribution >= 4 is 15.9 Å². The Bertz CT molecular complexity index is 975. The number of nitriles is 1. The van der Waals surface area contributed by atoms with E-state index < -0.39 is 10.0 Å².